The van der Waals surface area contributed by atoms with Crippen LogP contribution in [-0.2, 0) is 0 Å². The van der Waals surface area contributed by atoms with Crippen LogP contribution < -0.4 is 24.8 Å². The highest BCUT2D eigenvalue weighted by Gasteiger charge is 2.27. The molecule has 0 radical (unpaired) electrons. The van der Waals surface area contributed by atoms with Crippen molar-refractivity contribution in [3.8, 4) is 28.8 Å². The van der Waals surface area contributed by atoms with Crippen molar-refractivity contribution in [2.75, 3.05) is 49.7 Å². The quantitative estimate of drug-likeness (QED) is 0.139. The lowest BCUT2D eigenvalue weighted by molar-refractivity contribution is 0.391. The molecule has 0 amide bonds. The molecule has 0 saturated heterocycles. The molecule has 2 heterocycles. The first-order valence-electron chi connectivity index (χ1n) is 11.3. The van der Waals surface area contributed by atoms with Gasteiger partial charge in [-0.25, -0.2) is 0 Å². The summed E-state index contributed by atoms with van der Waals surface area (Å²) >= 11 is 4.03. The van der Waals surface area contributed by atoms with Crippen molar-refractivity contribution in [3.05, 3.63) is 36.1 Å². The molecule has 1 atom stereocenters. The highest BCUT2D eigenvalue weighted by atomic mass is 127. The number of furan rings is 1. The molecule has 3 rings (SSSR count). The van der Waals surface area contributed by atoms with Crippen LogP contribution in [0.2, 0.25) is 0 Å². The van der Waals surface area contributed by atoms with E-state index in [2.05, 4.69) is 47.9 Å². The van der Waals surface area contributed by atoms with Gasteiger partial charge in [-0.3, -0.25) is 8.87 Å². The molecule has 0 spiro atoms. The van der Waals surface area contributed by atoms with Crippen molar-refractivity contribution >= 4 is 48.0 Å². The van der Waals surface area contributed by atoms with Crippen molar-refractivity contribution in [3.63, 3.8) is 0 Å². The van der Waals surface area contributed by atoms with Gasteiger partial charge in [-0.2, -0.15) is 0 Å². The maximum atomic E-state index is 5.94. The van der Waals surface area contributed by atoms with Crippen LogP contribution >= 0.6 is 42.1 Å². The van der Waals surface area contributed by atoms with Gasteiger partial charge in [-0.05, 0) is 84.2 Å². The maximum absolute atomic E-state index is 5.94. The predicted octanol–water partition coefficient (Wildman–Crippen LogP) is 4.72. The van der Waals surface area contributed by atoms with E-state index in [1.807, 2.05) is 41.8 Å². The number of rotatable bonds is 15. The molecule has 12 heteroatoms. The first-order chi connectivity index (χ1) is 17.0. The second-order valence-electron chi connectivity index (χ2n) is 7.76. The number of nitrogens with two attached hydrogens (primary N) is 1. The zero-order valence-electron chi connectivity index (χ0n) is 20.5. The standard InChI is InChI=1S/C23H33IN6O3S2/c1-16(10-11-25)26-12-14-35-29(13-15-34-24)23-28-27-22(20-9-8-17(2)33-20)30(23)21-18(31-3)6-5-7-19(21)32-4/h5-9,16,26H,10-15,25H2,1-4H3. The minimum atomic E-state index is 0.384. The molecule has 3 aromatic rings. The van der Waals surface area contributed by atoms with Crippen molar-refractivity contribution in [2.45, 2.75) is 26.3 Å². The summed E-state index contributed by atoms with van der Waals surface area (Å²) in [5.74, 6) is 5.79. The van der Waals surface area contributed by atoms with Crippen molar-refractivity contribution in [2.24, 2.45) is 5.73 Å². The number of anilines is 1. The Hall–Kier alpha value is -1.61. The molecule has 0 aliphatic heterocycles. The van der Waals surface area contributed by atoms with Gasteiger partial charge in [0.25, 0.3) is 0 Å². The Balaban J connectivity index is 2.03. The van der Waals surface area contributed by atoms with Gasteiger partial charge >= 0.3 is 0 Å². The average Bonchev–Trinajstić information content (AvgIpc) is 3.49. The lowest BCUT2D eigenvalue weighted by Gasteiger charge is -2.24. The molecule has 1 aromatic carbocycles. The van der Waals surface area contributed by atoms with Gasteiger partial charge < -0.3 is 24.9 Å². The third kappa shape index (κ3) is 7.21. The van der Waals surface area contributed by atoms with E-state index in [-0.39, 0.29) is 0 Å². The minimum absolute atomic E-state index is 0.384. The largest absolute Gasteiger partial charge is 0.494 e. The Morgan fingerprint density at radius 3 is 2.51 bits per heavy atom. The fourth-order valence-electron chi connectivity index (χ4n) is 3.56. The molecular weight excluding hydrogens is 599 g/mol. The molecule has 3 N–H and O–H groups in total. The molecule has 0 fully saturated rings. The van der Waals surface area contributed by atoms with E-state index >= 15 is 0 Å². The zero-order chi connectivity index (χ0) is 25.2. The van der Waals surface area contributed by atoms with Crippen LogP contribution in [-0.4, -0.2) is 66.2 Å². The summed E-state index contributed by atoms with van der Waals surface area (Å²) in [7, 11) is 5.05. The number of nitrogens with one attached hydrogen (secondary N) is 1. The first-order valence-corrected chi connectivity index (χ1v) is 15.8. The van der Waals surface area contributed by atoms with Gasteiger partial charge in [0.15, 0.2) is 5.76 Å². The fourth-order valence-corrected chi connectivity index (χ4v) is 5.40. The molecule has 192 valence electrons. The number of benzene rings is 1. The second kappa shape index (κ2) is 14.2. The van der Waals surface area contributed by atoms with Gasteiger partial charge in [0, 0.05) is 30.6 Å². The maximum Gasteiger partial charge on any atom is 0.242 e. The molecule has 0 aliphatic carbocycles. The fraction of sp³-hybridized carbons (Fsp3) is 0.478. The number of para-hydroxylation sites is 1. The molecule has 2 aromatic heterocycles. The summed E-state index contributed by atoms with van der Waals surface area (Å²) in [5.41, 5.74) is 6.41. The summed E-state index contributed by atoms with van der Waals surface area (Å²) in [4.78, 5) is 0. The van der Waals surface area contributed by atoms with Crippen molar-refractivity contribution < 1.29 is 13.9 Å². The molecule has 0 bridgehead atoms. The minimum Gasteiger partial charge on any atom is -0.494 e. The van der Waals surface area contributed by atoms with E-state index in [1.165, 1.54) is 0 Å². The molecular formula is C23H33IN6O3S2. The van der Waals surface area contributed by atoms with E-state index in [0.717, 1.165) is 42.5 Å². The number of hydrogen-bond donors (Lipinski definition) is 2. The van der Waals surface area contributed by atoms with Gasteiger partial charge in [0.1, 0.15) is 22.9 Å². The van der Waals surface area contributed by atoms with E-state index in [4.69, 9.17) is 19.6 Å². The summed E-state index contributed by atoms with van der Waals surface area (Å²) in [6, 6.07) is 9.91. The van der Waals surface area contributed by atoms with E-state index in [1.54, 1.807) is 35.1 Å². The average molecular weight is 633 g/mol. The number of methoxy groups -OCH3 is 2. The number of halogens is 1. The molecule has 0 aliphatic rings. The topological polar surface area (TPSA) is 104 Å². The molecule has 1 unspecified atom stereocenters. The number of ether oxygens (including phenoxy) is 2. The van der Waals surface area contributed by atoms with Gasteiger partial charge in [-0.15, -0.1) is 10.2 Å². The Morgan fingerprint density at radius 2 is 1.91 bits per heavy atom. The van der Waals surface area contributed by atoms with E-state index in [9.17, 15) is 0 Å². The Bertz CT molecular complexity index is 1040. The Labute approximate surface area is 227 Å². The number of hydrogen-bond acceptors (Lipinski definition) is 10. The third-order valence-corrected chi connectivity index (χ3v) is 7.97. The van der Waals surface area contributed by atoms with Crippen LogP contribution in [0.4, 0.5) is 5.95 Å². The SMILES string of the molecule is COc1cccc(OC)c1-n1c(-c2ccc(C)o2)nnc1N(CCSI)SCCNC(C)CCN. The van der Waals surface area contributed by atoms with Crippen molar-refractivity contribution in [1.29, 1.82) is 0 Å². The normalized spacial score (nSPS) is 12.1. The predicted molar refractivity (Wildman–Crippen MR) is 154 cm³/mol. The van der Waals surface area contributed by atoms with Crippen LogP contribution in [0.5, 0.6) is 11.5 Å². The van der Waals surface area contributed by atoms with E-state index in [0.29, 0.717) is 41.6 Å². The third-order valence-electron chi connectivity index (χ3n) is 5.27. The molecule has 35 heavy (non-hydrogen) atoms. The number of nitrogens with zero attached hydrogens (tertiary/aromatic N) is 4. The zero-order valence-corrected chi connectivity index (χ0v) is 24.3. The monoisotopic (exact) mass is 632 g/mol. The highest BCUT2D eigenvalue weighted by molar-refractivity contribution is 14.2. The number of aryl methyl sites for hydroxylation is 1. The summed E-state index contributed by atoms with van der Waals surface area (Å²) in [6.07, 6.45) is 0.952. The molecule has 0 saturated carbocycles. The lowest BCUT2D eigenvalue weighted by Crippen LogP contribution is -2.31. The van der Waals surface area contributed by atoms with Crippen LogP contribution in [0, 0.1) is 6.92 Å². The van der Waals surface area contributed by atoms with Gasteiger partial charge in [0.2, 0.25) is 11.8 Å². The van der Waals surface area contributed by atoms with Crippen LogP contribution in [0.1, 0.15) is 19.1 Å². The van der Waals surface area contributed by atoms with E-state index < -0.39 is 0 Å². The number of aromatic nitrogens is 3. The molecule has 9 nitrogen and oxygen atoms in total. The van der Waals surface area contributed by atoms with Crippen LogP contribution in [0.15, 0.2) is 34.7 Å². The highest BCUT2D eigenvalue weighted by Crippen LogP contribution is 2.39. The van der Waals surface area contributed by atoms with Gasteiger partial charge in [0.05, 0.1) is 14.2 Å². The summed E-state index contributed by atoms with van der Waals surface area (Å²) < 4.78 is 21.6. The van der Waals surface area contributed by atoms with Crippen LogP contribution in [0.3, 0.4) is 0 Å². The first kappa shape index (κ1) is 28.0. The van der Waals surface area contributed by atoms with Crippen LogP contribution in [0.25, 0.3) is 17.3 Å². The van der Waals surface area contributed by atoms with Gasteiger partial charge in [-0.1, -0.05) is 15.0 Å². The van der Waals surface area contributed by atoms with Crippen molar-refractivity contribution in [1.82, 2.24) is 20.1 Å². The summed E-state index contributed by atoms with van der Waals surface area (Å²) in [6.45, 7) is 6.39. The summed E-state index contributed by atoms with van der Waals surface area (Å²) in [5, 5.41) is 12.7. The lowest BCUT2D eigenvalue weighted by atomic mass is 10.2. The smallest absolute Gasteiger partial charge is 0.242 e. The Morgan fingerprint density at radius 1 is 1.17 bits per heavy atom. The second-order valence-corrected chi connectivity index (χ2v) is 11.4. The Kier molecular flexibility index (Phi) is 11.4.